The van der Waals surface area contributed by atoms with E-state index in [1.807, 2.05) is 66.7 Å². The zero-order valence-corrected chi connectivity index (χ0v) is 16.2. The molecule has 0 unspecified atom stereocenters. The SMILES string of the molecule is COc1cc(NC(=S)N(Cc2ccccc2)c2ccccc2)cc(OC)c1. The van der Waals surface area contributed by atoms with Crippen LogP contribution in [0.25, 0.3) is 0 Å². The topological polar surface area (TPSA) is 33.7 Å². The summed E-state index contributed by atoms with van der Waals surface area (Å²) in [6, 6.07) is 25.9. The smallest absolute Gasteiger partial charge is 0.178 e. The Balaban J connectivity index is 1.87. The molecule has 5 heteroatoms. The maximum absolute atomic E-state index is 5.73. The maximum Gasteiger partial charge on any atom is 0.178 e. The molecule has 1 N–H and O–H groups in total. The fourth-order valence-corrected chi connectivity index (χ4v) is 3.01. The Morgan fingerprint density at radius 2 is 1.41 bits per heavy atom. The van der Waals surface area contributed by atoms with Gasteiger partial charge in [-0.3, -0.25) is 0 Å². The summed E-state index contributed by atoms with van der Waals surface area (Å²) in [6.45, 7) is 0.664. The van der Waals surface area contributed by atoms with Crippen LogP contribution in [-0.2, 0) is 6.54 Å². The predicted molar refractivity (Wildman–Crippen MR) is 115 cm³/mol. The van der Waals surface area contributed by atoms with Crippen LogP contribution < -0.4 is 19.7 Å². The predicted octanol–water partition coefficient (Wildman–Crippen LogP) is 5.11. The van der Waals surface area contributed by atoms with Crippen LogP contribution in [0.4, 0.5) is 11.4 Å². The minimum absolute atomic E-state index is 0.598. The minimum atomic E-state index is 0.598. The summed E-state index contributed by atoms with van der Waals surface area (Å²) in [7, 11) is 3.26. The van der Waals surface area contributed by atoms with Crippen molar-refractivity contribution in [3.63, 3.8) is 0 Å². The molecule has 0 aliphatic rings. The third-order valence-corrected chi connectivity index (χ3v) is 4.42. The van der Waals surface area contributed by atoms with Gasteiger partial charge >= 0.3 is 0 Å². The first kappa shape index (κ1) is 18.7. The lowest BCUT2D eigenvalue weighted by Crippen LogP contribution is -2.34. The summed E-state index contributed by atoms with van der Waals surface area (Å²) < 4.78 is 10.7. The molecule has 0 aromatic heterocycles. The Bertz CT molecular complexity index is 863. The summed E-state index contributed by atoms with van der Waals surface area (Å²) in [5.41, 5.74) is 3.01. The molecule has 0 saturated heterocycles. The first-order valence-corrected chi connectivity index (χ1v) is 9.01. The number of benzene rings is 3. The number of ether oxygens (including phenoxy) is 2. The van der Waals surface area contributed by atoms with E-state index in [9.17, 15) is 0 Å². The highest BCUT2D eigenvalue weighted by Crippen LogP contribution is 2.27. The van der Waals surface area contributed by atoms with Crippen LogP contribution in [0.5, 0.6) is 11.5 Å². The van der Waals surface area contributed by atoms with E-state index < -0.39 is 0 Å². The molecule has 3 aromatic carbocycles. The molecule has 0 bridgehead atoms. The molecule has 0 aliphatic carbocycles. The number of anilines is 2. The summed E-state index contributed by atoms with van der Waals surface area (Å²) in [6.07, 6.45) is 0. The van der Waals surface area contributed by atoms with Crippen LogP contribution in [-0.4, -0.2) is 19.3 Å². The molecule has 0 amide bonds. The second-order valence-electron chi connectivity index (χ2n) is 5.94. The summed E-state index contributed by atoms with van der Waals surface area (Å²) in [5.74, 6) is 1.41. The fourth-order valence-electron chi connectivity index (χ4n) is 2.72. The molecule has 0 radical (unpaired) electrons. The van der Waals surface area contributed by atoms with Gasteiger partial charge in [-0.25, -0.2) is 0 Å². The second-order valence-corrected chi connectivity index (χ2v) is 6.33. The van der Waals surface area contributed by atoms with E-state index in [2.05, 4.69) is 22.3 Å². The van der Waals surface area contributed by atoms with E-state index in [4.69, 9.17) is 21.7 Å². The van der Waals surface area contributed by atoms with Gasteiger partial charge in [0.15, 0.2) is 5.11 Å². The third-order valence-electron chi connectivity index (χ3n) is 4.10. The lowest BCUT2D eigenvalue weighted by molar-refractivity contribution is 0.395. The molecule has 0 spiro atoms. The van der Waals surface area contributed by atoms with Crippen molar-refractivity contribution in [2.24, 2.45) is 0 Å². The van der Waals surface area contributed by atoms with E-state index >= 15 is 0 Å². The molecule has 4 nitrogen and oxygen atoms in total. The molecule has 27 heavy (non-hydrogen) atoms. The molecule has 0 heterocycles. The first-order valence-electron chi connectivity index (χ1n) is 8.60. The van der Waals surface area contributed by atoms with Gasteiger partial charge in [0.2, 0.25) is 0 Å². The lowest BCUT2D eigenvalue weighted by atomic mass is 10.2. The van der Waals surface area contributed by atoms with Gasteiger partial charge in [0.05, 0.1) is 20.8 Å². The standard InChI is InChI=1S/C22H22N2O2S/c1-25-20-13-18(14-21(15-20)26-2)23-22(27)24(19-11-7-4-8-12-19)16-17-9-5-3-6-10-17/h3-15H,16H2,1-2H3,(H,23,27). The molecule has 3 aromatic rings. The van der Waals surface area contributed by atoms with Crippen LogP contribution in [0.1, 0.15) is 5.56 Å². The van der Waals surface area contributed by atoms with Gasteiger partial charge in [0.25, 0.3) is 0 Å². The van der Waals surface area contributed by atoms with Crippen molar-refractivity contribution in [1.29, 1.82) is 0 Å². The summed E-state index contributed by atoms with van der Waals surface area (Å²) in [4.78, 5) is 2.07. The van der Waals surface area contributed by atoms with Crippen LogP contribution in [0, 0.1) is 0 Å². The Kier molecular flexibility index (Phi) is 6.28. The van der Waals surface area contributed by atoms with E-state index in [0.717, 1.165) is 11.4 Å². The zero-order chi connectivity index (χ0) is 19.1. The molecule has 0 fully saturated rings. The first-order chi connectivity index (χ1) is 13.2. The minimum Gasteiger partial charge on any atom is -0.497 e. The van der Waals surface area contributed by atoms with E-state index in [1.165, 1.54) is 5.56 Å². The highest BCUT2D eigenvalue weighted by molar-refractivity contribution is 7.80. The Morgan fingerprint density at radius 1 is 0.852 bits per heavy atom. The molecule has 138 valence electrons. The van der Waals surface area contributed by atoms with Crippen molar-refractivity contribution in [2.75, 3.05) is 24.4 Å². The van der Waals surface area contributed by atoms with Crippen molar-refractivity contribution >= 4 is 28.7 Å². The van der Waals surface area contributed by atoms with Gasteiger partial charge in [-0.1, -0.05) is 48.5 Å². The molecule has 0 saturated carbocycles. The highest BCUT2D eigenvalue weighted by atomic mass is 32.1. The number of methoxy groups -OCH3 is 2. The lowest BCUT2D eigenvalue weighted by Gasteiger charge is -2.26. The van der Waals surface area contributed by atoms with E-state index in [-0.39, 0.29) is 0 Å². The summed E-state index contributed by atoms with van der Waals surface area (Å²) >= 11 is 5.73. The van der Waals surface area contributed by atoms with Crippen molar-refractivity contribution in [1.82, 2.24) is 0 Å². The van der Waals surface area contributed by atoms with E-state index in [0.29, 0.717) is 23.2 Å². The van der Waals surface area contributed by atoms with Crippen LogP contribution in [0.15, 0.2) is 78.9 Å². The number of hydrogen-bond acceptors (Lipinski definition) is 3. The zero-order valence-electron chi connectivity index (χ0n) is 15.4. The van der Waals surface area contributed by atoms with Crippen LogP contribution in [0.2, 0.25) is 0 Å². The van der Waals surface area contributed by atoms with Gasteiger partial charge in [-0.05, 0) is 29.9 Å². The average Bonchev–Trinajstić information content (AvgIpc) is 2.73. The Hall–Kier alpha value is -3.05. The van der Waals surface area contributed by atoms with Crippen molar-refractivity contribution in [3.05, 3.63) is 84.4 Å². The summed E-state index contributed by atoms with van der Waals surface area (Å²) in [5, 5.41) is 3.91. The molecule has 0 aliphatic heterocycles. The second kappa shape index (κ2) is 9.05. The molecule has 0 atom stereocenters. The fraction of sp³-hybridized carbons (Fsp3) is 0.136. The third kappa shape index (κ3) is 4.99. The van der Waals surface area contributed by atoms with Crippen LogP contribution >= 0.6 is 12.2 Å². The highest BCUT2D eigenvalue weighted by Gasteiger charge is 2.14. The largest absolute Gasteiger partial charge is 0.497 e. The van der Waals surface area contributed by atoms with Gasteiger partial charge < -0.3 is 19.7 Å². The van der Waals surface area contributed by atoms with Crippen LogP contribution in [0.3, 0.4) is 0 Å². The quantitative estimate of drug-likeness (QED) is 0.603. The molecular weight excluding hydrogens is 356 g/mol. The number of nitrogens with zero attached hydrogens (tertiary/aromatic N) is 1. The maximum atomic E-state index is 5.73. The number of rotatable bonds is 6. The Morgan fingerprint density at radius 3 is 1.96 bits per heavy atom. The van der Waals surface area contributed by atoms with Gasteiger partial charge in [-0.2, -0.15) is 0 Å². The Labute approximate surface area is 165 Å². The number of para-hydroxylation sites is 1. The normalized spacial score (nSPS) is 10.1. The monoisotopic (exact) mass is 378 g/mol. The van der Waals surface area contributed by atoms with Gasteiger partial charge in [-0.15, -0.1) is 0 Å². The average molecular weight is 378 g/mol. The number of thiocarbonyl (C=S) groups is 1. The van der Waals surface area contributed by atoms with Crippen molar-refractivity contribution in [3.8, 4) is 11.5 Å². The molecular formula is C22H22N2O2S. The number of hydrogen-bond donors (Lipinski definition) is 1. The van der Waals surface area contributed by atoms with Crippen molar-refractivity contribution < 1.29 is 9.47 Å². The number of nitrogens with one attached hydrogen (secondary N) is 1. The van der Waals surface area contributed by atoms with Crippen molar-refractivity contribution in [2.45, 2.75) is 6.54 Å². The van der Waals surface area contributed by atoms with E-state index in [1.54, 1.807) is 14.2 Å². The van der Waals surface area contributed by atoms with Gasteiger partial charge in [0, 0.05) is 29.6 Å². The molecule has 3 rings (SSSR count). The van der Waals surface area contributed by atoms with Gasteiger partial charge in [0.1, 0.15) is 11.5 Å².